The first-order chi connectivity index (χ1) is 8.40. The molecule has 1 aromatic carbocycles. The van der Waals surface area contributed by atoms with Crippen molar-refractivity contribution in [1.29, 1.82) is 0 Å². The molecule has 3 nitrogen and oxygen atoms in total. The molecule has 0 unspecified atom stereocenters. The van der Waals surface area contributed by atoms with Gasteiger partial charge in [-0.25, -0.2) is 12.8 Å². The lowest BCUT2D eigenvalue weighted by Crippen LogP contribution is -2.12. The molecule has 0 radical (unpaired) electrons. The minimum Gasteiger partial charge on any atom is -0.276 e. The van der Waals surface area contributed by atoms with E-state index in [2.05, 4.69) is 20.7 Å². The SMILES string of the molecule is Cc1cc(S(=O)(=O)Nc2ccccc2F)sc1Br. The van der Waals surface area contributed by atoms with Crippen LogP contribution in [0.2, 0.25) is 0 Å². The summed E-state index contributed by atoms with van der Waals surface area (Å²) in [7, 11) is -3.74. The summed E-state index contributed by atoms with van der Waals surface area (Å²) in [5.41, 5.74) is 0.772. The maximum absolute atomic E-state index is 13.4. The van der Waals surface area contributed by atoms with Gasteiger partial charge in [-0.1, -0.05) is 12.1 Å². The van der Waals surface area contributed by atoms with Crippen LogP contribution < -0.4 is 4.72 Å². The molecule has 7 heteroatoms. The van der Waals surface area contributed by atoms with Crippen LogP contribution in [-0.4, -0.2) is 8.42 Å². The van der Waals surface area contributed by atoms with Gasteiger partial charge in [0.15, 0.2) is 0 Å². The normalized spacial score (nSPS) is 11.5. The van der Waals surface area contributed by atoms with Gasteiger partial charge >= 0.3 is 0 Å². The van der Waals surface area contributed by atoms with Crippen molar-refractivity contribution in [2.45, 2.75) is 11.1 Å². The molecule has 0 saturated carbocycles. The second-order valence-corrected chi connectivity index (χ2v) is 7.89. The molecule has 2 aromatic rings. The van der Waals surface area contributed by atoms with Crippen LogP contribution in [0.1, 0.15) is 5.56 Å². The fourth-order valence-electron chi connectivity index (χ4n) is 1.30. The average molecular weight is 350 g/mol. The number of aryl methyl sites for hydroxylation is 1. The molecule has 0 saturated heterocycles. The molecule has 1 heterocycles. The van der Waals surface area contributed by atoms with E-state index in [1.54, 1.807) is 13.0 Å². The molecule has 0 aliphatic carbocycles. The van der Waals surface area contributed by atoms with Crippen LogP contribution in [0.25, 0.3) is 0 Å². The molecular formula is C11H9BrFNO2S2. The third kappa shape index (κ3) is 2.73. The Labute approximate surface area is 117 Å². The Bertz CT molecular complexity index is 663. The molecule has 0 atom stereocenters. The lowest BCUT2D eigenvalue weighted by atomic mass is 10.3. The van der Waals surface area contributed by atoms with Gasteiger partial charge in [-0.05, 0) is 46.6 Å². The number of benzene rings is 1. The molecule has 0 aliphatic heterocycles. The Balaban J connectivity index is 2.36. The van der Waals surface area contributed by atoms with Gasteiger partial charge in [-0.15, -0.1) is 11.3 Å². The van der Waals surface area contributed by atoms with Gasteiger partial charge in [0.05, 0.1) is 9.47 Å². The first-order valence-electron chi connectivity index (χ1n) is 4.93. The monoisotopic (exact) mass is 349 g/mol. The number of hydrogen-bond donors (Lipinski definition) is 1. The number of nitrogens with one attached hydrogen (secondary N) is 1. The summed E-state index contributed by atoms with van der Waals surface area (Å²) < 4.78 is 40.6. The number of para-hydroxylation sites is 1. The summed E-state index contributed by atoms with van der Waals surface area (Å²) in [4.78, 5) is 0. The zero-order valence-electron chi connectivity index (χ0n) is 9.28. The van der Waals surface area contributed by atoms with Gasteiger partial charge in [0.2, 0.25) is 0 Å². The fraction of sp³-hybridized carbons (Fsp3) is 0.0909. The molecule has 1 N–H and O–H groups in total. The van der Waals surface area contributed by atoms with E-state index in [0.29, 0.717) is 0 Å². The predicted octanol–water partition coefficient (Wildman–Crippen LogP) is 3.76. The third-order valence-electron chi connectivity index (χ3n) is 2.22. The zero-order valence-corrected chi connectivity index (χ0v) is 12.5. The zero-order chi connectivity index (χ0) is 13.3. The Morgan fingerprint density at radius 1 is 1.33 bits per heavy atom. The highest BCUT2D eigenvalue weighted by molar-refractivity contribution is 9.11. The van der Waals surface area contributed by atoms with E-state index < -0.39 is 15.8 Å². The van der Waals surface area contributed by atoms with Crippen LogP contribution in [0.3, 0.4) is 0 Å². The molecule has 18 heavy (non-hydrogen) atoms. The molecule has 96 valence electrons. The van der Waals surface area contributed by atoms with Gasteiger partial charge in [-0.2, -0.15) is 0 Å². The van der Waals surface area contributed by atoms with Crippen LogP contribution in [0.15, 0.2) is 38.3 Å². The number of rotatable bonds is 3. The molecule has 0 aliphatic rings. The van der Waals surface area contributed by atoms with Crippen molar-refractivity contribution in [2.75, 3.05) is 4.72 Å². The summed E-state index contributed by atoms with van der Waals surface area (Å²) in [6, 6.07) is 7.18. The van der Waals surface area contributed by atoms with Crippen molar-refractivity contribution in [1.82, 2.24) is 0 Å². The van der Waals surface area contributed by atoms with E-state index in [1.807, 2.05) is 0 Å². The summed E-state index contributed by atoms with van der Waals surface area (Å²) in [5.74, 6) is -0.603. The van der Waals surface area contributed by atoms with Gasteiger partial charge in [0, 0.05) is 0 Å². The van der Waals surface area contributed by atoms with Crippen molar-refractivity contribution < 1.29 is 12.8 Å². The van der Waals surface area contributed by atoms with E-state index in [9.17, 15) is 12.8 Å². The van der Waals surface area contributed by atoms with Crippen molar-refractivity contribution in [3.8, 4) is 0 Å². The van der Waals surface area contributed by atoms with Crippen molar-refractivity contribution >= 4 is 43.0 Å². The molecule has 0 bridgehead atoms. The van der Waals surface area contributed by atoms with E-state index in [4.69, 9.17) is 0 Å². The van der Waals surface area contributed by atoms with E-state index in [1.165, 1.54) is 24.3 Å². The van der Waals surface area contributed by atoms with E-state index >= 15 is 0 Å². The molecular weight excluding hydrogens is 341 g/mol. The molecule has 0 spiro atoms. The van der Waals surface area contributed by atoms with Crippen LogP contribution in [0, 0.1) is 12.7 Å². The fourth-order valence-corrected chi connectivity index (χ4v) is 4.60. The van der Waals surface area contributed by atoms with Crippen LogP contribution in [0.5, 0.6) is 0 Å². The average Bonchev–Trinajstić information content (AvgIpc) is 2.63. The number of sulfonamides is 1. The van der Waals surface area contributed by atoms with E-state index in [0.717, 1.165) is 20.7 Å². The maximum Gasteiger partial charge on any atom is 0.271 e. The summed E-state index contributed by atoms with van der Waals surface area (Å²) in [6.07, 6.45) is 0. The molecule has 2 rings (SSSR count). The minimum atomic E-state index is -3.74. The Kier molecular flexibility index (Phi) is 3.74. The summed E-state index contributed by atoms with van der Waals surface area (Å²) in [6.45, 7) is 1.79. The highest BCUT2D eigenvalue weighted by Gasteiger charge is 2.19. The maximum atomic E-state index is 13.4. The van der Waals surface area contributed by atoms with Crippen molar-refractivity contribution in [2.24, 2.45) is 0 Å². The first kappa shape index (κ1) is 13.5. The standard InChI is InChI=1S/C11H9BrFNO2S2/c1-7-6-10(17-11(7)12)18(15,16)14-9-5-3-2-4-8(9)13/h2-6,14H,1H3. The Morgan fingerprint density at radius 3 is 2.56 bits per heavy atom. The second-order valence-electron chi connectivity index (χ2n) is 3.61. The Hall–Kier alpha value is -0.920. The Morgan fingerprint density at radius 2 is 2.00 bits per heavy atom. The van der Waals surface area contributed by atoms with Crippen LogP contribution in [0.4, 0.5) is 10.1 Å². The molecule has 0 fully saturated rings. The van der Waals surface area contributed by atoms with Crippen LogP contribution >= 0.6 is 27.3 Å². The lowest BCUT2D eigenvalue weighted by molar-refractivity contribution is 0.600. The minimum absolute atomic E-state index is 0.0559. The molecule has 1 aromatic heterocycles. The van der Waals surface area contributed by atoms with Gasteiger partial charge in [-0.3, -0.25) is 4.72 Å². The van der Waals surface area contributed by atoms with Gasteiger partial charge in [0.1, 0.15) is 10.0 Å². The number of halogens is 2. The van der Waals surface area contributed by atoms with Crippen molar-refractivity contribution in [3.63, 3.8) is 0 Å². The highest BCUT2D eigenvalue weighted by atomic mass is 79.9. The largest absolute Gasteiger partial charge is 0.276 e. The predicted molar refractivity (Wildman–Crippen MR) is 74.0 cm³/mol. The quantitative estimate of drug-likeness (QED) is 0.916. The smallest absolute Gasteiger partial charge is 0.271 e. The number of hydrogen-bond acceptors (Lipinski definition) is 3. The number of anilines is 1. The first-order valence-corrected chi connectivity index (χ1v) is 8.03. The highest BCUT2D eigenvalue weighted by Crippen LogP contribution is 2.31. The van der Waals surface area contributed by atoms with Crippen LogP contribution in [-0.2, 0) is 10.0 Å². The van der Waals surface area contributed by atoms with Crippen molar-refractivity contribution in [3.05, 3.63) is 45.5 Å². The third-order valence-corrected chi connectivity index (χ3v) is 6.19. The number of thiophene rings is 1. The summed E-state index contributed by atoms with van der Waals surface area (Å²) >= 11 is 4.35. The second kappa shape index (κ2) is 4.99. The van der Waals surface area contributed by atoms with Gasteiger partial charge in [0.25, 0.3) is 10.0 Å². The topological polar surface area (TPSA) is 46.2 Å². The van der Waals surface area contributed by atoms with Gasteiger partial charge < -0.3 is 0 Å². The lowest BCUT2D eigenvalue weighted by Gasteiger charge is -2.06. The summed E-state index contributed by atoms with van der Waals surface area (Å²) in [5, 5.41) is 0. The van der Waals surface area contributed by atoms with E-state index in [-0.39, 0.29) is 9.90 Å². The molecule has 0 amide bonds.